The van der Waals surface area contributed by atoms with Crippen LogP contribution in [0, 0.1) is 12.7 Å². The lowest BCUT2D eigenvalue weighted by molar-refractivity contribution is 0.0697. The van der Waals surface area contributed by atoms with Gasteiger partial charge in [-0.1, -0.05) is 23.7 Å². The van der Waals surface area contributed by atoms with Crippen molar-refractivity contribution in [2.24, 2.45) is 0 Å². The zero-order valence-electron chi connectivity index (χ0n) is 9.58. The van der Waals surface area contributed by atoms with E-state index in [0.717, 1.165) is 5.56 Å². The summed E-state index contributed by atoms with van der Waals surface area (Å²) in [5.74, 6) is -1.34. The average molecular weight is 265 g/mol. The maximum absolute atomic E-state index is 13.3. The first-order chi connectivity index (χ1) is 8.49. The number of aryl methyl sites for hydroxylation is 1. The van der Waals surface area contributed by atoms with E-state index < -0.39 is 5.97 Å². The fourth-order valence-corrected chi connectivity index (χ4v) is 1.93. The van der Waals surface area contributed by atoms with Gasteiger partial charge in [0.25, 0.3) is 0 Å². The fourth-order valence-electron chi connectivity index (χ4n) is 1.67. The second kappa shape index (κ2) is 4.78. The van der Waals surface area contributed by atoms with E-state index >= 15 is 0 Å². The van der Waals surface area contributed by atoms with Gasteiger partial charge in [0.15, 0.2) is 0 Å². The minimum absolute atomic E-state index is 0.203. The van der Waals surface area contributed by atoms with Crippen molar-refractivity contribution in [3.8, 4) is 11.1 Å². The summed E-state index contributed by atoms with van der Waals surface area (Å²) in [7, 11) is 0. The Balaban J connectivity index is 2.49. The van der Waals surface area contributed by atoms with Gasteiger partial charge in [-0.3, -0.25) is 0 Å². The van der Waals surface area contributed by atoms with Crippen LogP contribution < -0.4 is 0 Å². The average Bonchev–Trinajstić information content (AvgIpc) is 2.34. The number of carboxylic acids is 1. The Morgan fingerprint density at radius 3 is 2.39 bits per heavy atom. The third kappa shape index (κ3) is 2.36. The number of hydrogen-bond acceptors (Lipinski definition) is 1. The third-order valence-corrected chi connectivity index (χ3v) is 3.00. The van der Waals surface area contributed by atoms with Crippen molar-refractivity contribution in [1.82, 2.24) is 0 Å². The van der Waals surface area contributed by atoms with Gasteiger partial charge in [0.05, 0.1) is 10.6 Å². The van der Waals surface area contributed by atoms with E-state index in [1.54, 1.807) is 25.1 Å². The van der Waals surface area contributed by atoms with Gasteiger partial charge in [-0.15, -0.1) is 0 Å². The molecule has 0 spiro atoms. The standard InChI is InChI=1S/C14H10ClFO2/c1-8-6-11(12(15)7-13(8)16)9-2-4-10(5-3-9)14(17)18/h2-7H,1H3,(H,17,18). The van der Waals surface area contributed by atoms with Crippen LogP contribution in [-0.4, -0.2) is 11.1 Å². The second-order valence-corrected chi connectivity index (χ2v) is 4.37. The predicted octanol–water partition coefficient (Wildman–Crippen LogP) is 4.15. The van der Waals surface area contributed by atoms with E-state index in [1.807, 2.05) is 0 Å². The summed E-state index contributed by atoms with van der Waals surface area (Å²) >= 11 is 5.98. The van der Waals surface area contributed by atoms with E-state index in [-0.39, 0.29) is 11.4 Å². The largest absolute Gasteiger partial charge is 0.478 e. The number of halogens is 2. The van der Waals surface area contributed by atoms with E-state index in [1.165, 1.54) is 18.2 Å². The van der Waals surface area contributed by atoms with Crippen LogP contribution in [0.2, 0.25) is 5.02 Å². The van der Waals surface area contributed by atoms with Crippen molar-refractivity contribution in [3.05, 3.63) is 58.4 Å². The van der Waals surface area contributed by atoms with Gasteiger partial charge in [0, 0.05) is 5.56 Å². The highest BCUT2D eigenvalue weighted by Gasteiger charge is 2.09. The molecule has 0 aliphatic heterocycles. The van der Waals surface area contributed by atoms with E-state index in [4.69, 9.17) is 16.7 Å². The van der Waals surface area contributed by atoms with Gasteiger partial charge in [0.1, 0.15) is 5.82 Å². The molecule has 0 saturated heterocycles. The molecule has 0 unspecified atom stereocenters. The molecular weight excluding hydrogens is 255 g/mol. The molecule has 18 heavy (non-hydrogen) atoms. The van der Waals surface area contributed by atoms with E-state index in [0.29, 0.717) is 16.1 Å². The molecule has 0 radical (unpaired) electrons. The molecule has 0 atom stereocenters. The predicted molar refractivity (Wildman–Crippen MR) is 68.5 cm³/mol. The smallest absolute Gasteiger partial charge is 0.335 e. The molecular formula is C14H10ClFO2. The second-order valence-electron chi connectivity index (χ2n) is 3.96. The Morgan fingerprint density at radius 1 is 1.22 bits per heavy atom. The molecule has 0 heterocycles. The summed E-state index contributed by atoms with van der Waals surface area (Å²) in [5.41, 5.74) is 2.14. The van der Waals surface area contributed by atoms with Crippen LogP contribution in [0.15, 0.2) is 36.4 Å². The third-order valence-electron chi connectivity index (χ3n) is 2.69. The van der Waals surface area contributed by atoms with Crippen LogP contribution in [0.1, 0.15) is 15.9 Å². The highest BCUT2D eigenvalue weighted by Crippen LogP contribution is 2.30. The summed E-state index contributed by atoms with van der Waals surface area (Å²) in [6.45, 7) is 1.65. The highest BCUT2D eigenvalue weighted by atomic mass is 35.5. The number of aromatic carboxylic acids is 1. The molecule has 2 nitrogen and oxygen atoms in total. The number of carbonyl (C=O) groups is 1. The fraction of sp³-hybridized carbons (Fsp3) is 0.0714. The summed E-state index contributed by atoms with van der Waals surface area (Å²) < 4.78 is 13.3. The van der Waals surface area contributed by atoms with Crippen LogP contribution in [0.4, 0.5) is 4.39 Å². The SMILES string of the molecule is Cc1cc(-c2ccc(C(=O)O)cc2)c(Cl)cc1F. The Hall–Kier alpha value is -1.87. The molecule has 0 bridgehead atoms. The highest BCUT2D eigenvalue weighted by molar-refractivity contribution is 6.33. The van der Waals surface area contributed by atoms with Gasteiger partial charge in [0.2, 0.25) is 0 Å². The van der Waals surface area contributed by atoms with Crippen LogP contribution in [0.25, 0.3) is 11.1 Å². The van der Waals surface area contributed by atoms with Crippen molar-refractivity contribution in [1.29, 1.82) is 0 Å². The Kier molecular flexibility index (Phi) is 3.34. The first-order valence-corrected chi connectivity index (χ1v) is 5.66. The lowest BCUT2D eigenvalue weighted by atomic mass is 10.0. The molecule has 0 fully saturated rings. The van der Waals surface area contributed by atoms with Crippen molar-refractivity contribution in [2.45, 2.75) is 6.92 Å². The van der Waals surface area contributed by atoms with E-state index in [2.05, 4.69) is 0 Å². The first kappa shape index (κ1) is 12.6. The number of benzene rings is 2. The Labute approximate surface area is 109 Å². The van der Waals surface area contributed by atoms with Crippen molar-refractivity contribution in [2.75, 3.05) is 0 Å². The lowest BCUT2D eigenvalue weighted by Crippen LogP contribution is -1.95. The molecule has 2 rings (SSSR count). The van der Waals surface area contributed by atoms with Gasteiger partial charge in [-0.25, -0.2) is 9.18 Å². The van der Waals surface area contributed by atoms with Crippen molar-refractivity contribution < 1.29 is 14.3 Å². The van der Waals surface area contributed by atoms with Crippen LogP contribution in [0.5, 0.6) is 0 Å². The topological polar surface area (TPSA) is 37.3 Å². The molecule has 1 N–H and O–H groups in total. The molecule has 2 aromatic rings. The number of rotatable bonds is 2. The molecule has 92 valence electrons. The van der Waals surface area contributed by atoms with Crippen molar-refractivity contribution in [3.63, 3.8) is 0 Å². The van der Waals surface area contributed by atoms with Crippen molar-refractivity contribution >= 4 is 17.6 Å². The molecule has 0 aliphatic rings. The minimum Gasteiger partial charge on any atom is -0.478 e. The molecule has 0 aromatic heterocycles. The van der Waals surface area contributed by atoms with Gasteiger partial charge < -0.3 is 5.11 Å². The zero-order valence-corrected chi connectivity index (χ0v) is 10.3. The summed E-state index contributed by atoms with van der Waals surface area (Å²) in [6.07, 6.45) is 0. The molecule has 2 aromatic carbocycles. The maximum Gasteiger partial charge on any atom is 0.335 e. The Bertz CT molecular complexity index is 606. The number of hydrogen-bond donors (Lipinski definition) is 1. The quantitative estimate of drug-likeness (QED) is 0.885. The van der Waals surface area contributed by atoms with Crippen LogP contribution in [0.3, 0.4) is 0 Å². The summed E-state index contributed by atoms with van der Waals surface area (Å²) in [5, 5.41) is 9.11. The van der Waals surface area contributed by atoms with Crippen LogP contribution >= 0.6 is 11.6 Å². The Morgan fingerprint density at radius 2 is 1.83 bits per heavy atom. The summed E-state index contributed by atoms with van der Waals surface area (Å²) in [6, 6.07) is 9.20. The monoisotopic (exact) mass is 264 g/mol. The minimum atomic E-state index is -0.983. The van der Waals surface area contributed by atoms with Crippen LogP contribution in [-0.2, 0) is 0 Å². The van der Waals surface area contributed by atoms with E-state index in [9.17, 15) is 9.18 Å². The normalized spacial score (nSPS) is 10.4. The van der Waals surface area contributed by atoms with Gasteiger partial charge >= 0.3 is 5.97 Å². The molecule has 0 amide bonds. The zero-order chi connectivity index (χ0) is 13.3. The summed E-state index contributed by atoms with van der Waals surface area (Å²) in [4.78, 5) is 10.7. The lowest BCUT2D eigenvalue weighted by Gasteiger charge is -2.07. The molecule has 0 saturated carbocycles. The molecule has 4 heteroatoms. The number of carboxylic acid groups (broad SMARTS) is 1. The molecule has 0 aliphatic carbocycles. The van der Waals surface area contributed by atoms with Gasteiger partial charge in [-0.2, -0.15) is 0 Å². The maximum atomic E-state index is 13.3. The first-order valence-electron chi connectivity index (χ1n) is 5.28. The van der Waals surface area contributed by atoms with Gasteiger partial charge in [-0.05, 0) is 42.3 Å².